The van der Waals surface area contributed by atoms with Gasteiger partial charge in [-0.1, -0.05) is 11.3 Å². The molecule has 0 radical (unpaired) electrons. The minimum absolute atomic E-state index is 0.354. The fourth-order valence-corrected chi connectivity index (χ4v) is 2.21. The second-order valence-corrected chi connectivity index (χ2v) is 4.57. The second kappa shape index (κ2) is 6.00. The smallest absolute Gasteiger partial charge is 0.396 e. The summed E-state index contributed by atoms with van der Waals surface area (Å²) in [6.45, 7) is 0. The van der Waals surface area contributed by atoms with Gasteiger partial charge in [0.15, 0.2) is 16.4 Å². The van der Waals surface area contributed by atoms with Crippen LogP contribution < -0.4 is 20.8 Å². The van der Waals surface area contributed by atoms with Gasteiger partial charge in [-0.3, -0.25) is 0 Å². The quantitative estimate of drug-likeness (QED) is 0.357. The van der Waals surface area contributed by atoms with Crippen molar-refractivity contribution in [3.05, 3.63) is 37.5 Å². The van der Waals surface area contributed by atoms with E-state index in [9.17, 15) is 14.9 Å². The molecule has 0 atom stereocenters. The van der Waals surface area contributed by atoms with Gasteiger partial charge in [-0.25, -0.2) is 20.3 Å². The van der Waals surface area contributed by atoms with E-state index in [0.29, 0.717) is 21.6 Å². The summed E-state index contributed by atoms with van der Waals surface area (Å²) in [5.74, 6) is -0.0866. The number of hydrogen-bond acceptors (Lipinski definition) is 7. The van der Waals surface area contributed by atoms with Gasteiger partial charge in [-0.2, -0.15) is 5.10 Å². The van der Waals surface area contributed by atoms with E-state index in [1.165, 1.54) is 13.3 Å². The Balaban J connectivity index is 2.26. The van der Waals surface area contributed by atoms with Crippen molar-refractivity contribution in [3.8, 4) is 5.75 Å². The molecule has 2 aromatic rings. The Bertz CT molecular complexity index is 793. The molecule has 11 heteroatoms. The highest BCUT2D eigenvalue weighted by molar-refractivity contribution is 7.16. The van der Waals surface area contributed by atoms with Gasteiger partial charge in [0.2, 0.25) is 0 Å². The van der Waals surface area contributed by atoms with Crippen LogP contribution in [0.2, 0.25) is 0 Å². The summed E-state index contributed by atoms with van der Waals surface area (Å²) in [6.07, 6.45) is 1.34. The SMILES string of the molecule is COc1cc(/C=N/N/C(N)=N/[N+](=O)[O-])cc2sc(=O)oc12. The summed E-state index contributed by atoms with van der Waals surface area (Å²) >= 11 is 0.922. The molecule has 2 rings (SSSR count). The Morgan fingerprint density at radius 2 is 2.38 bits per heavy atom. The first-order valence-corrected chi connectivity index (χ1v) is 6.20. The fraction of sp³-hybridized carbons (Fsp3) is 0.100. The van der Waals surface area contributed by atoms with Crippen LogP contribution in [0.15, 0.2) is 31.5 Å². The van der Waals surface area contributed by atoms with Gasteiger partial charge < -0.3 is 14.9 Å². The molecule has 0 bridgehead atoms. The molecule has 0 saturated heterocycles. The van der Waals surface area contributed by atoms with Crippen molar-refractivity contribution in [2.45, 2.75) is 0 Å². The highest BCUT2D eigenvalue weighted by Crippen LogP contribution is 2.28. The van der Waals surface area contributed by atoms with Gasteiger partial charge in [-0.15, -0.1) is 0 Å². The highest BCUT2D eigenvalue weighted by Gasteiger charge is 2.10. The molecule has 0 aliphatic carbocycles. The zero-order valence-electron chi connectivity index (χ0n) is 10.6. The Morgan fingerprint density at radius 1 is 1.62 bits per heavy atom. The molecule has 21 heavy (non-hydrogen) atoms. The van der Waals surface area contributed by atoms with E-state index in [1.807, 2.05) is 0 Å². The van der Waals surface area contributed by atoms with Gasteiger partial charge in [-0.05, 0) is 17.7 Å². The van der Waals surface area contributed by atoms with Crippen LogP contribution in [0.4, 0.5) is 0 Å². The van der Waals surface area contributed by atoms with E-state index in [2.05, 4.69) is 15.6 Å². The fourth-order valence-electron chi connectivity index (χ4n) is 1.48. The molecule has 0 saturated carbocycles. The molecule has 1 aromatic heterocycles. The van der Waals surface area contributed by atoms with Gasteiger partial charge >= 0.3 is 4.94 Å². The van der Waals surface area contributed by atoms with Gasteiger partial charge in [0.1, 0.15) is 5.10 Å². The van der Waals surface area contributed by atoms with Crippen LogP contribution in [0.1, 0.15) is 5.56 Å². The highest BCUT2D eigenvalue weighted by atomic mass is 32.1. The monoisotopic (exact) mass is 311 g/mol. The van der Waals surface area contributed by atoms with E-state index in [1.54, 1.807) is 12.1 Å². The molecule has 0 amide bonds. The number of benzene rings is 1. The van der Waals surface area contributed by atoms with Crippen molar-refractivity contribution < 1.29 is 14.2 Å². The number of nitrogens with zero attached hydrogens (tertiary/aromatic N) is 3. The van der Waals surface area contributed by atoms with Gasteiger partial charge in [0.05, 0.1) is 18.0 Å². The number of nitro groups is 1. The number of hydrazone groups is 2. The third-order valence-corrected chi connectivity index (χ3v) is 3.00. The molecule has 0 fully saturated rings. The van der Waals surface area contributed by atoms with Crippen molar-refractivity contribution in [3.63, 3.8) is 0 Å². The summed E-state index contributed by atoms with van der Waals surface area (Å²) in [5.41, 5.74) is 8.31. The molecule has 1 aromatic carbocycles. The number of methoxy groups -OCH3 is 1. The van der Waals surface area contributed by atoms with E-state index >= 15 is 0 Å². The summed E-state index contributed by atoms with van der Waals surface area (Å²) in [6, 6.07) is 3.24. The maximum Gasteiger partial charge on any atom is 0.396 e. The molecular formula is C10H9N5O5S. The van der Waals surface area contributed by atoms with E-state index in [-0.39, 0.29) is 0 Å². The van der Waals surface area contributed by atoms with Crippen LogP contribution in [0, 0.1) is 10.1 Å². The third-order valence-electron chi connectivity index (χ3n) is 2.22. The lowest BCUT2D eigenvalue weighted by atomic mass is 10.2. The lowest BCUT2D eigenvalue weighted by molar-refractivity contribution is -0.485. The summed E-state index contributed by atoms with van der Waals surface area (Å²) in [5, 5.41) is 15.6. The Hall–Kier alpha value is -2.95. The molecule has 3 N–H and O–H groups in total. The predicted octanol–water partition coefficient (Wildman–Crippen LogP) is 0.293. The van der Waals surface area contributed by atoms with Crippen LogP contribution in [0.5, 0.6) is 5.75 Å². The van der Waals surface area contributed by atoms with Crippen molar-refractivity contribution in [1.29, 1.82) is 0 Å². The van der Waals surface area contributed by atoms with Crippen molar-refractivity contribution in [1.82, 2.24) is 5.43 Å². The minimum Gasteiger partial charge on any atom is -0.493 e. The van der Waals surface area contributed by atoms with Crippen LogP contribution in [0.25, 0.3) is 10.3 Å². The average Bonchev–Trinajstić information content (AvgIpc) is 2.77. The first-order valence-electron chi connectivity index (χ1n) is 5.39. The topological polar surface area (TPSA) is 145 Å². The number of fused-ring (bicyclic) bond motifs is 1. The zero-order chi connectivity index (χ0) is 15.4. The molecule has 0 spiro atoms. The lowest BCUT2D eigenvalue weighted by Gasteiger charge is -2.01. The number of hydrogen-bond donors (Lipinski definition) is 2. The van der Waals surface area contributed by atoms with Crippen molar-refractivity contribution in [2.75, 3.05) is 7.11 Å². The van der Waals surface area contributed by atoms with Gasteiger partial charge in [0, 0.05) is 0 Å². The molecular weight excluding hydrogens is 302 g/mol. The van der Waals surface area contributed by atoms with E-state index in [4.69, 9.17) is 14.9 Å². The van der Waals surface area contributed by atoms with E-state index < -0.39 is 15.9 Å². The maximum absolute atomic E-state index is 11.2. The Morgan fingerprint density at radius 3 is 3.05 bits per heavy atom. The number of ether oxygens (including phenoxy) is 1. The van der Waals surface area contributed by atoms with Crippen molar-refractivity contribution in [2.24, 2.45) is 15.9 Å². The first kappa shape index (κ1) is 14.5. The van der Waals surface area contributed by atoms with Crippen LogP contribution in [-0.4, -0.2) is 24.3 Å². The zero-order valence-corrected chi connectivity index (χ0v) is 11.4. The summed E-state index contributed by atoms with van der Waals surface area (Å²) in [7, 11) is 1.44. The number of nitrogens with two attached hydrogens (primary N) is 1. The number of guanidine groups is 1. The summed E-state index contributed by atoms with van der Waals surface area (Å²) in [4.78, 5) is 20.8. The molecule has 0 aliphatic rings. The molecule has 0 aliphatic heterocycles. The van der Waals surface area contributed by atoms with E-state index in [0.717, 1.165) is 11.3 Å². The maximum atomic E-state index is 11.2. The molecule has 0 unspecified atom stereocenters. The Kier molecular flexibility index (Phi) is 4.13. The van der Waals surface area contributed by atoms with Crippen molar-refractivity contribution >= 4 is 33.8 Å². The summed E-state index contributed by atoms with van der Waals surface area (Å²) < 4.78 is 10.7. The second-order valence-electron chi connectivity index (χ2n) is 3.60. The largest absolute Gasteiger partial charge is 0.493 e. The van der Waals surface area contributed by atoms with Crippen LogP contribution in [0.3, 0.4) is 0 Å². The first-order chi connectivity index (χ1) is 9.99. The van der Waals surface area contributed by atoms with Gasteiger partial charge in [0.25, 0.3) is 5.96 Å². The minimum atomic E-state index is -0.949. The molecule has 10 nitrogen and oxygen atoms in total. The van der Waals surface area contributed by atoms with Crippen LogP contribution >= 0.6 is 11.3 Å². The Labute approximate surface area is 120 Å². The number of rotatable bonds is 4. The predicted molar refractivity (Wildman–Crippen MR) is 76.3 cm³/mol. The lowest BCUT2D eigenvalue weighted by Crippen LogP contribution is -2.28. The average molecular weight is 311 g/mol. The standard InChI is InChI=1S/C10H9N5O5S/c1-19-6-2-5(3-7-8(6)20-10(16)21-7)4-12-13-9(11)14-15(17)18/h2-4H,1H3,(H3,11,13,14)/b12-4+. The molecule has 1 heterocycles. The molecule has 110 valence electrons. The third kappa shape index (κ3) is 3.54. The van der Waals surface area contributed by atoms with Crippen LogP contribution in [-0.2, 0) is 0 Å². The number of nitrogens with one attached hydrogen (secondary N) is 1. The normalized spacial score (nSPS) is 12.0.